The van der Waals surface area contributed by atoms with E-state index in [0.29, 0.717) is 29.8 Å². The number of aromatic nitrogens is 2. The highest BCUT2D eigenvalue weighted by Gasteiger charge is 2.22. The van der Waals surface area contributed by atoms with Crippen molar-refractivity contribution in [2.75, 3.05) is 18.1 Å². The number of nitrogens with zero attached hydrogens (tertiary/aromatic N) is 3. The van der Waals surface area contributed by atoms with Crippen molar-refractivity contribution >= 4 is 32.6 Å². The zero-order valence-corrected chi connectivity index (χ0v) is 18.3. The van der Waals surface area contributed by atoms with Crippen LogP contribution in [0.2, 0.25) is 0 Å². The number of hydrogen-bond donors (Lipinski definition) is 0. The van der Waals surface area contributed by atoms with Gasteiger partial charge in [0.25, 0.3) is 5.91 Å². The third-order valence-electron chi connectivity index (χ3n) is 4.69. The Kier molecular flexibility index (Phi) is 6.43. The van der Waals surface area contributed by atoms with Crippen molar-refractivity contribution in [3.8, 4) is 11.5 Å². The Morgan fingerprint density at radius 3 is 2.58 bits per heavy atom. The molecule has 158 valence electrons. The van der Waals surface area contributed by atoms with Crippen LogP contribution in [0.15, 0.2) is 66.9 Å². The molecule has 1 amide bonds. The molecule has 0 aliphatic rings. The lowest BCUT2D eigenvalue weighted by Crippen LogP contribution is -2.34. The highest BCUT2D eigenvalue weighted by atomic mass is 32.1. The van der Waals surface area contributed by atoms with Gasteiger partial charge in [0.1, 0.15) is 17.0 Å². The molecule has 0 N–H and O–H groups in total. The van der Waals surface area contributed by atoms with Gasteiger partial charge in [0.05, 0.1) is 23.5 Å². The van der Waals surface area contributed by atoms with Crippen molar-refractivity contribution in [1.29, 1.82) is 0 Å². The summed E-state index contributed by atoms with van der Waals surface area (Å²) < 4.78 is 12.5. The molecule has 0 fully saturated rings. The van der Waals surface area contributed by atoms with Gasteiger partial charge >= 0.3 is 0 Å². The third kappa shape index (κ3) is 4.83. The smallest absolute Gasteiger partial charge is 0.267 e. The number of amides is 1. The van der Waals surface area contributed by atoms with E-state index in [1.165, 1.54) is 11.3 Å². The number of benzene rings is 2. The number of para-hydroxylation sites is 2. The number of hydrogen-bond acceptors (Lipinski definition) is 6. The molecule has 7 heteroatoms. The molecule has 6 nitrogen and oxygen atoms in total. The Labute approximate surface area is 185 Å². The monoisotopic (exact) mass is 433 g/mol. The fourth-order valence-electron chi connectivity index (χ4n) is 3.15. The van der Waals surface area contributed by atoms with Crippen molar-refractivity contribution in [2.24, 2.45) is 0 Å². The molecule has 0 unspecified atom stereocenters. The largest absolute Gasteiger partial charge is 0.492 e. The second kappa shape index (κ2) is 9.57. The topological polar surface area (TPSA) is 64.5 Å². The van der Waals surface area contributed by atoms with E-state index < -0.39 is 0 Å². The Morgan fingerprint density at radius 1 is 1.00 bits per heavy atom. The summed E-state index contributed by atoms with van der Waals surface area (Å²) in [6, 6.07) is 19.1. The molecule has 0 aliphatic carbocycles. The maximum absolute atomic E-state index is 13.2. The minimum atomic E-state index is -0.189. The summed E-state index contributed by atoms with van der Waals surface area (Å²) in [5, 5.41) is 0.589. The first kappa shape index (κ1) is 20.8. The summed E-state index contributed by atoms with van der Waals surface area (Å²) >= 11 is 1.45. The van der Waals surface area contributed by atoms with E-state index in [9.17, 15) is 4.79 Å². The first-order valence-electron chi connectivity index (χ1n) is 10.1. The van der Waals surface area contributed by atoms with Gasteiger partial charge in [0, 0.05) is 6.20 Å². The summed E-state index contributed by atoms with van der Waals surface area (Å²) in [6.07, 6.45) is 1.72. The van der Waals surface area contributed by atoms with Crippen LogP contribution >= 0.6 is 11.3 Å². The predicted molar refractivity (Wildman–Crippen MR) is 123 cm³/mol. The van der Waals surface area contributed by atoms with Crippen molar-refractivity contribution in [1.82, 2.24) is 9.97 Å². The normalized spacial score (nSPS) is 10.8. The first-order chi connectivity index (χ1) is 15.2. The second-order valence-electron chi connectivity index (χ2n) is 6.89. The number of anilines is 1. The minimum absolute atomic E-state index is 0.0913. The van der Waals surface area contributed by atoms with E-state index in [1.807, 2.05) is 74.5 Å². The van der Waals surface area contributed by atoms with Gasteiger partial charge in [0.15, 0.2) is 11.7 Å². The van der Waals surface area contributed by atoms with Crippen molar-refractivity contribution in [2.45, 2.75) is 20.4 Å². The lowest BCUT2D eigenvalue weighted by molar-refractivity contribution is -0.120. The molecule has 0 spiro atoms. The Morgan fingerprint density at radius 2 is 1.81 bits per heavy atom. The Balaban J connectivity index is 1.64. The summed E-state index contributed by atoms with van der Waals surface area (Å²) in [5.41, 5.74) is 2.51. The zero-order chi connectivity index (χ0) is 21.6. The number of ether oxygens (including phenoxy) is 2. The standard InChI is InChI=1S/C24H23N3O3S/c1-3-29-20-12-8-13-21-23(20)26-24(31-21)27(15-18-10-6-7-14-25-18)22(28)16-30-19-11-5-4-9-17(19)2/h4-14H,3,15-16H2,1-2H3. The minimum Gasteiger partial charge on any atom is -0.492 e. The molecule has 4 aromatic rings. The molecule has 0 saturated carbocycles. The molecule has 0 radical (unpaired) electrons. The predicted octanol–water partition coefficient (Wildman–Crippen LogP) is 5.01. The van der Waals surface area contributed by atoms with E-state index in [2.05, 4.69) is 4.98 Å². The number of carbonyl (C=O) groups is 1. The van der Waals surface area contributed by atoms with Gasteiger partial charge in [-0.2, -0.15) is 0 Å². The van der Waals surface area contributed by atoms with Crippen LogP contribution in [-0.2, 0) is 11.3 Å². The van der Waals surface area contributed by atoms with Gasteiger partial charge in [-0.1, -0.05) is 41.7 Å². The molecular weight excluding hydrogens is 410 g/mol. The number of pyridine rings is 1. The Hall–Kier alpha value is -3.45. The molecule has 0 saturated heterocycles. The average Bonchev–Trinajstić information content (AvgIpc) is 3.23. The van der Waals surface area contributed by atoms with Gasteiger partial charge in [-0.15, -0.1) is 0 Å². The SMILES string of the molecule is CCOc1cccc2sc(N(Cc3ccccn3)C(=O)COc3ccccc3C)nc12. The molecule has 4 rings (SSSR count). The highest BCUT2D eigenvalue weighted by molar-refractivity contribution is 7.22. The maximum Gasteiger partial charge on any atom is 0.267 e. The van der Waals surface area contributed by atoms with Crippen molar-refractivity contribution in [3.05, 3.63) is 78.1 Å². The van der Waals surface area contributed by atoms with E-state index in [-0.39, 0.29) is 12.5 Å². The summed E-state index contributed by atoms with van der Waals surface area (Å²) in [6.45, 7) is 4.65. The fraction of sp³-hybridized carbons (Fsp3) is 0.208. The lowest BCUT2D eigenvalue weighted by atomic mass is 10.2. The van der Waals surface area contributed by atoms with Gasteiger partial charge < -0.3 is 9.47 Å². The summed E-state index contributed by atoms with van der Waals surface area (Å²) in [7, 11) is 0. The number of thiazole rings is 1. The van der Waals surface area contributed by atoms with Crippen LogP contribution in [0, 0.1) is 6.92 Å². The maximum atomic E-state index is 13.2. The van der Waals surface area contributed by atoms with Crippen LogP contribution in [0.1, 0.15) is 18.2 Å². The molecule has 2 aromatic heterocycles. The second-order valence-corrected chi connectivity index (χ2v) is 7.90. The number of aryl methyl sites for hydroxylation is 1. The van der Waals surface area contributed by atoms with Gasteiger partial charge in [-0.25, -0.2) is 4.98 Å². The van der Waals surface area contributed by atoms with Crippen molar-refractivity contribution in [3.63, 3.8) is 0 Å². The number of rotatable bonds is 8. The lowest BCUT2D eigenvalue weighted by Gasteiger charge is -2.20. The van der Waals surface area contributed by atoms with Gasteiger partial charge in [-0.3, -0.25) is 14.7 Å². The molecule has 0 atom stereocenters. The van der Waals surface area contributed by atoms with Crippen LogP contribution in [0.3, 0.4) is 0 Å². The average molecular weight is 434 g/mol. The molecule has 31 heavy (non-hydrogen) atoms. The summed E-state index contributed by atoms with van der Waals surface area (Å²) in [5.74, 6) is 1.21. The fourth-order valence-corrected chi connectivity index (χ4v) is 4.15. The quantitative estimate of drug-likeness (QED) is 0.391. The van der Waals surface area contributed by atoms with E-state index >= 15 is 0 Å². The number of carbonyl (C=O) groups excluding carboxylic acids is 1. The van der Waals surface area contributed by atoms with Crippen LogP contribution in [0.5, 0.6) is 11.5 Å². The van der Waals surface area contributed by atoms with Gasteiger partial charge in [0.2, 0.25) is 0 Å². The van der Waals surface area contributed by atoms with Crippen LogP contribution in [0.25, 0.3) is 10.2 Å². The zero-order valence-electron chi connectivity index (χ0n) is 17.4. The van der Waals surface area contributed by atoms with Crippen LogP contribution < -0.4 is 14.4 Å². The van der Waals surface area contributed by atoms with Crippen molar-refractivity contribution < 1.29 is 14.3 Å². The van der Waals surface area contributed by atoms with Crippen LogP contribution in [-0.4, -0.2) is 29.1 Å². The van der Waals surface area contributed by atoms with E-state index in [4.69, 9.17) is 14.5 Å². The van der Waals surface area contributed by atoms with Crippen LogP contribution in [0.4, 0.5) is 5.13 Å². The molecule has 0 bridgehead atoms. The Bertz CT molecular complexity index is 1180. The molecule has 0 aliphatic heterocycles. The highest BCUT2D eigenvalue weighted by Crippen LogP contribution is 2.35. The molecule has 2 aromatic carbocycles. The molecule has 2 heterocycles. The first-order valence-corrected chi connectivity index (χ1v) is 10.9. The number of fused-ring (bicyclic) bond motifs is 1. The van der Waals surface area contributed by atoms with Gasteiger partial charge in [-0.05, 0) is 49.7 Å². The third-order valence-corrected chi connectivity index (χ3v) is 5.74. The van der Waals surface area contributed by atoms with E-state index in [0.717, 1.165) is 21.5 Å². The summed E-state index contributed by atoms with van der Waals surface area (Å²) in [4.78, 5) is 24.0. The van der Waals surface area contributed by atoms with E-state index in [1.54, 1.807) is 11.1 Å². The molecular formula is C24H23N3O3S.